The molecule has 0 saturated carbocycles. The number of hydrogen-bond acceptors (Lipinski definition) is 1. The molecule has 0 saturated heterocycles. The number of carbonyl (C=O) groups excluding carboxylic acids is 1. The van der Waals surface area contributed by atoms with E-state index in [9.17, 15) is 9.18 Å². The minimum Gasteiger partial charge on any atom is -0.358 e. The molecular formula is C15H17FN2O. The first-order valence-electron chi connectivity index (χ1n) is 6.75. The van der Waals surface area contributed by atoms with Gasteiger partial charge in [-0.15, -0.1) is 0 Å². The van der Waals surface area contributed by atoms with Crippen LogP contribution in [0, 0.1) is 5.82 Å². The number of rotatable bonds is 2. The summed E-state index contributed by atoms with van der Waals surface area (Å²) < 4.78 is 13.4. The predicted octanol–water partition coefficient (Wildman–Crippen LogP) is 2.69. The molecule has 2 aromatic rings. The first-order valence-corrected chi connectivity index (χ1v) is 6.75. The highest BCUT2D eigenvalue weighted by atomic mass is 19.1. The third-order valence-electron chi connectivity index (χ3n) is 3.84. The number of aromatic nitrogens is 1. The van der Waals surface area contributed by atoms with Gasteiger partial charge in [0.2, 0.25) is 5.91 Å². The zero-order valence-corrected chi connectivity index (χ0v) is 10.9. The number of hydrogen-bond donors (Lipinski definition) is 2. The van der Waals surface area contributed by atoms with E-state index in [1.807, 2.05) is 6.92 Å². The summed E-state index contributed by atoms with van der Waals surface area (Å²) in [7, 11) is 0. The zero-order valence-electron chi connectivity index (χ0n) is 10.9. The Labute approximate surface area is 111 Å². The van der Waals surface area contributed by atoms with Gasteiger partial charge in [0.1, 0.15) is 5.82 Å². The lowest BCUT2D eigenvalue weighted by molar-refractivity contribution is -0.121. The Balaban J connectivity index is 1.92. The number of carbonyl (C=O) groups is 1. The fraction of sp³-hybridized carbons (Fsp3) is 0.400. The molecule has 1 atom stereocenters. The predicted molar refractivity (Wildman–Crippen MR) is 72.5 cm³/mol. The van der Waals surface area contributed by atoms with Crippen LogP contribution in [0.2, 0.25) is 0 Å². The molecular weight excluding hydrogens is 243 g/mol. The second-order valence-corrected chi connectivity index (χ2v) is 5.13. The smallest absolute Gasteiger partial charge is 0.219 e. The van der Waals surface area contributed by atoms with Crippen LogP contribution >= 0.6 is 0 Å². The van der Waals surface area contributed by atoms with Crippen LogP contribution in [-0.2, 0) is 17.6 Å². The molecule has 3 rings (SSSR count). The van der Waals surface area contributed by atoms with Crippen molar-refractivity contribution in [3.8, 4) is 0 Å². The van der Waals surface area contributed by atoms with Gasteiger partial charge < -0.3 is 10.3 Å². The molecule has 100 valence electrons. The first-order chi connectivity index (χ1) is 9.17. The lowest BCUT2D eigenvalue weighted by Crippen LogP contribution is -2.38. The van der Waals surface area contributed by atoms with Crippen molar-refractivity contribution in [1.29, 1.82) is 0 Å². The van der Waals surface area contributed by atoms with Crippen LogP contribution in [0.5, 0.6) is 0 Å². The average Bonchev–Trinajstić information content (AvgIpc) is 2.76. The average molecular weight is 260 g/mol. The van der Waals surface area contributed by atoms with Crippen molar-refractivity contribution in [2.45, 2.75) is 38.6 Å². The summed E-state index contributed by atoms with van der Waals surface area (Å²) in [6.07, 6.45) is 3.13. The maximum atomic E-state index is 13.4. The third kappa shape index (κ3) is 2.23. The Bertz CT molecular complexity index is 632. The van der Waals surface area contributed by atoms with E-state index in [4.69, 9.17) is 0 Å². The molecule has 1 amide bonds. The summed E-state index contributed by atoms with van der Waals surface area (Å²) in [5.74, 6) is -0.131. The van der Waals surface area contributed by atoms with E-state index < -0.39 is 0 Å². The van der Waals surface area contributed by atoms with Crippen molar-refractivity contribution < 1.29 is 9.18 Å². The zero-order chi connectivity index (χ0) is 13.4. The summed E-state index contributed by atoms with van der Waals surface area (Å²) in [5, 5.41) is 3.98. The molecule has 1 heterocycles. The molecule has 3 nitrogen and oxygen atoms in total. The number of aromatic amines is 1. The van der Waals surface area contributed by atoms with E-state index in [0.29, 0.717) is 6.42 Å². The highest BCUT2D eigenvalue weighted by Crippen LogP contribution is 2.29. The van der Waals surface area contributed by atoms with Gasteiger partial charge in [0.25, 0.3) is 0 Å². The lowest BCUT2D eigenvalue weighted by Gasteiger charge is -2.23. The van der Waals surface area contributed by atoms with Crippen molar-refractivity contribution in [1.82, 2.24) is 10.3 Å². The molecule has 0 spiro atoms. The van der Waals surface area contributed by atoms with Gasteiger partial charge in [-0.25, -0.2) is 4.39 Å². The highest BCUT2D eigenvalue weighted by Gasteiger charge is 2.23. The van der Waals surface area contributed by atoms with E-state index in [1.54, 1.807) is 12.1 Å². The van der Waals surface area contributed by atoms with Crippen LogP contribution in [-0.4, -0.2) is 16.9 Å². The van der Waals surface area contributed by atoms with Gasteiger partial charge in [0.05, 0.1) is 0 Å². The number of aryl methyl sites for hydroxylation is 1. The Kier molecular flexibility index (Phi) is 3.01. The van der Waals surface area contributed by atoms with Crippen LogP contribution < -0.4 is 5.32 Å². The maximum Gasteiger partial charge on any atom is 0.219 e. The number of fused-ring (bicyclic) bond motifs is 3. The van der Waals surface area contributed by atoms with Gasteiger partial charge in [-0.05, 0) is 43.0 Å². The first kappa shape index (κ1) is 12.2. The van der Waals surface area contributed by atoms with Gasteiger partial charge in [-0.2, -0.15) is 0 Å². The summed E-state index contributed by atoms with van der Waals surface area (Å²) in [6, 6.07) is 5.00. The van der Waals surface area contributed by atoms with Gasteiger partial charge in [-0.1, -0.05) is 6.92 Å². The molecule has 0 bridgehead atoms. The highest BCUT2D eigenvalue weighted by molar-refractivity contribution is 5.85. The summed E-state index contributed by atoms with van der Waals surface area (Å²) in [6.45, 7) is 1.85. The fourth-order valence-corrected chi connectivity index (χ4v) is 2.84. The lowest BCUT2D eigenvalue weighted by atomic mass is 9.91. The molecule has 19 heavy (non-hydrogen) atoms. The Hall–Kier alpha value is -1.84. The standard InChI is InChI=1S/C15H17FN2O/c1-2-15(19)17-10-4-6-14-12(8-10)11-7-9(16)3-5-13(11)18-14/h3,5,7,10,18H,2,4,6,8H2,1H3,(H,17,19). The number of amides is 1. The number of nitrogens with one attached hydrogen (secondary N) is 2. The minimum absolute atomic E-state index is 0.0828. The molecule has 4 heteroatoms. The van der Waals surface area contributed by atoms with E-state index in [-0.39, 0.29) is 17.8 Å². The van der Waals surface area contributed by atoms with Crippen LogP contribution in [0.15, 0.2) is 18.2 Å². The molecule has 2 N–H and O–H groups in total. The van der Waals surface area contributed by atoms with Gasteiger partial charge in [0, 0.05) is 29.1 Å². The number of benzene rings is 1. The molecule has 0 fully saturated rings. The molecule has 1 aromatic heterocycles. The Morgan fingerprint density at radius 3 is 3.16 bits per heavy atom. The molecule has 0 aliphatic heterocycles. The van der Waals surface area contributed by atoms with Crippen molar-refractivity contribution in [3.63, 3.8) is 0 Å². The maximum absolute atomic E-state index is 13.4. The summed E-state index contributed by atoms with van der Waals surface area (Å²) >= 11 is 0. The van der Waals surface area contributed by atoms with Crippen molar-refractivity contribution >= 4 is 16.8 Å². The normalized spacial score (nSPS) is 18.3. The Morgan fingerprint density at radius 2 is 2.37 bits per heavy atom. The monoisotopic (exact) mass is 260 g/mol. The van der Waals surface area contributed by atoms with Crippen molar-refractivity contribution in [2.75, 3.05) is 0 Å². The molecule has 1 aromatic carbocycles. The van der Waals surface area contributed by atoms with Crippen LogP contribution in [0.25, 0.3) is 10.9 Å². The second kappa shape index (κ2) is 4.68. The summed E-state index contributed by atoms with van der Waals surface area (Å²) in [5.41, 5.74) is 3.32. The quantitative estimate of drug-likeness (QED) is 0.856. The topological polar surface area (TPSA) is 44.9 Å². The second-order valence-electron chi connectivity index (χ2n) is 5.13. The van der Waals surface area contributed by atoms with E-state index in [0.717, 1.165) is 35.7 Å². The molecule has 1 aliphatic carbocycles. The number of H-pyrrole nitrogens is 1. The summed E-state index contributed by atoms with van der Waals surface area (Å²) in [4.78, 5) is 14.8. The van der Waals surface area contributed by atoms with Crippen LogP contribution in [0.1, 0.15) is 31.0 Å². The van der Waals surface area contributed by atoms with E-state index in [1.165, 1.54) is 11.8 Å². The molecule has 0 radical (unpaired) electrons. The Morgan fingerprint density at radius 1 is 1.53 bits per heavy atom. The van der Waals surface area contributed by atoms with Gasteiger partial charge in [0.15, 0.2) is 0 Å². The third-order valence-corrected chi connectivity index (χ3v) is 3.84. The molecule has 1 aliphatic rings. The van der Waals surface area contributed by atoms with E-state index in [2.05, 4.69) is 10.3 Å². The van der Waals surface area contributed by atoms with Crippen molar-refractivity contribution in [2.24, 2.45) is 0 Å². The largest absolute Gasteiger partial charge is 0.358 e. The van der Waals surface area contributed by atoms with Crippen LogP contribution in [0.3, 0.4) is 0 Å². The number of halogens is 1. The SMILES string of the molecule is CCC(=O)NC1CCc2[nH]c3ccc(F)cc3c2C1. The van der Waals surface area contributed by atoms with E-state index >= 15 is 0 Å². The molecule has 1 unspecified atom stereocenters. The van der Waals surface area contributed by atoms with Gasteiger partial charge in [-0.3, -0.25) is 4.79 Å². The van der Waals surface area contributed by atoms with Crippen LogP contribution in [0.4, 0.5) is 4.39 Å². The van der Waals surface area contributed by atoms with Gasteiger partial charge >= 0.3 is 0 Å². The minimum atomic E-state index is -0.214. The fourth-order valence-electron chi connectivity index (χ4n) is 2.84. The van der Waals surface area contributed by atoms with Crippen molar-refractivity contribution in [3.05, 3.63) is 35.3 Å².